The fourth-order valence-corrected chi connectivity index (χ4v) is 2.64. The highest BCUT2D eigenvalue weighted by Crippen LogP contribution is 2.23. The highest BCUT2D eigenvalue weighted by molar-refractivity contribution is 7.96. The van der Waals surface area contributed by atoms with Crippen LogP contribution in [0.5, 0.6) is 0 Å². The van der Waals surface area contributed by atoms with Crippen molar-refractivity contribution < 1.29 is 0 Å². The zero-order valence-electron chi connectivity index (χ0n) is 5.81. The van der Waals surface area contributed by atoms with E-state index < -0.39 is 0 Å². The van der Waals surface area contributed by atoms with Gasteiger partial charge in [0, 0.05) is 0 Å². The Hall–Kier alpha value is 0.350. The molecule has 0 bridgehead atoms. The normalized spacial score (nSPS) is 22.9. The van der Waals surface area contributed by atoms with Crippen LogP contribution in [0.2, 0.25) is 0 Å². The summed E-state index contributed by atoms with van der Waals surface area (Å²) in [6.45, 7) is 0. The molecular formula is C7H15S+. The van der Waals surface area contributed by atoms with Gasteiger partial charge in [0.05, 0.1) is 12.5 Å². The van der Waals surface area contributed by atoms with E-state index >= 15 is 0 Å². The Kier molecular flexibility index (Phi) is 2.24. The van der Waals surface area contributed by atoms with Crippen LogP contribution in [0, 0.1) is 0 Å². The fraction of sp³-hybridized carbons (Fsp3) is 1.00. The van der Waals surface area contributed by atoms with Gasteiger partial charge in [0.1, 0.15) is 5.25 Å². The molecule has 0 atom stereocenters. The van der Waals surface area contributed by atoms with Crippen molar-refractivity contribution in [2.24, 2.45) is 0 Å². The first-order chi connectivity index (χ1) is 3.80. The van der Waals surface area contributed by atoms with Crippen molar-refractivity contribution in [3.05, 3.63) is 0 Å². The molecule has 0 amide bonds. The van der Waals surface area contributed by atoms with Crippen molar-refractivity contribution in [1.29, 1.82) is 0 Å². The Morgan fingerprint density at radius 3 is 1.88 bits per heavy atom. The summed E-state index contributed by atoms with van der Waals surface area (Å²) in [6.07, 6.45) is 10.8. The average Bonchev–Trinajstić information content (AvgIpc) is 2.12. The summed E-state index contributed by atoms with van der Waals surface area (Å²) < 4.78 is 0. The van der Waals surface area contributed by atoms with E-state index in [1.807, 2.05) is 0 Å². The Morgan fingerprint density at radius 2 is 1.62 bits per heavy atom. The van der Waals surface area contributed by atoms with E-state index in [-0.39, 0.29) is 0 Å². The first kappa shape index (κ1) is 6.47. The molecule has 8 heavy (non-hydrogen) atoms. The Balaban J connectivity index is 2.24. The molecule has 1 aliphatic rings. The van der Waals surface area contributed by atoms with E-state index in [0.717, 1.165) is 5.25 Å². The molecule has 0 heterocycles. The monoisotopic (exact) mass is 131 g/mol. The molecule has 0 radical (unpaired) electrons. The highest BCUT2D eigenvalue weighted by atomic mass is 32.2. The summed E-state index contributed by atoms with van der Waals surface area (Å²) in [5, 5.41) is 1.09. The molecule has 1 fully saturated rings. The van der Waals surface area contributed by atoms with E-state index in [1.54, 1.807) is 0 Å². The largest absolute Gasteiger partial charge is 0.117 e. The predicted octanol–water partition coefficient (Wildman–Crippen LogP) is 1.81. The molecule has 1 heteroatoms. The van der Waals surface area contributed by atoms with Gasteiger partial charge in [0.15, 0.2) is 0 Å². The second-order valence-electron chi connectivity index (χ2n) is 2.79. The standard InChI is InChI=1S/C7H15S/c1-8(2)7-5-3-4-6-7/h7H,3-6H2,1-2H3/q+1. The first-order valence-electron chi connectivity index (χ1n) is 3.37. The van der Waals surface area contributed by atoms with Gasteiger partial charge in [-0.3, -0.25) is 0 Å². The van der Waals surface area contributed by atoms with E-state index in [0.29, 0.717) is 10.9 Å². The summed E-state index contributed by atoms with van der Waals surface area (Å²) in [7, 11) is 0.709. The second-order valence-corrected chi connectivity index (χ2v) is 5.21. The quantitative estimate of drug-likeness (QED) is 0.476. The highest BCUT2D eigenvalue weighted by Gasteiger charge is 2.24. The Labute approximate surface area is 55.0 Å². The van der Waals surface area contributed by atoms with E-state index in [4.69, 9.17) is 0 Å². The van der Waals surface area contributed by atoms with Gasteiger partial charge in [-0.25, -0.2) is 0 Å². The number of hydrogen-bond donors (Lipinski definition) is 0. The van der Waals surface area contributed by atoms with Gasteiger partial charge in [-0.15, -0.1) is 0 Å². The molecule has 0 aromatic heterocycles. The minimum absolute atomic E-state index is 0.709. The minimum Gasteiger partial charge on any atom is -0.0484 e. The van der Waals surface area contributed by atoms with E-state index in [1.165, 1.54) is 25.7 Å². The fourth-order valence-electron chi connectivity index (χ4n) is 1.36. The summed E-state index contributed by atoms with van der Waals surface area (Å²) in [5.41, 5.74) is 0. The van der Waals surface area contributed by atoms with Crippen molar-refractivity contribution in [1.82, 2.24) is 0 Å². The molecule has 0 aromatic rings. The molecule has 1 aliphatic carbocycles. The van der Waals surface area contributed by atoms with Gasteiger partial charge >= 0.3 is 0 Å². The van der Waals surface area contributed by atoms with Crippen LogP contribution in [0.1, 0.15) is 25.7 Å². The van der Waals surface area contributed by atoms with Gasteiger partial charge in [0.2, 0.25) is 0 Å². The van der Waals surface area contributed by atoms with Crippen LogP contribution < -0.4 is 0 Å². The summed E-state index contributed by atoms with van der Waals surface area (Å²) in [6, 6.07) is 0. The second kappa shape index (κ2) is 2.77. The summed E-state index contributed by atoms with van der Waals surface area (Å²) in [5.74, 6) is 0. The van der Waals surface area contributed by atoms with Crippen molar-refractivity contribution in [2.75, 3.05) is 12.5 Å². The lowest BCUT2D eigenvalue weighted by molar-refractivity contribution is 0.886. The maximum absolute atomic E-state index is 2.37. The molecular weight excluding hydrogens is 116 g/mol. The maximum Gasteiger partial charge on any atom is 0.117 e. The van der Waals surface area contributed by atoms with Crippen LogP contribution >= 0.6 is 0 Å². The van der Waals surface area contributed by atoms with Gasteiger partial charge in [-0.1, -0.05) is 0 Å². The van der Waals surface area contributed by atoms with Gasteiger partial charge in [-0.05, 0) is 36.6 Å². The molecule has 0 aromatic carbocycles. The molecule has 0 N–H and O–H groups in total. The van der Waals surface area contributed by atoms with Crippen LogP contribution in [-0.4, -0.2) is 17.8 Å². The molecule has 0 saturated heterocycles. The summed E-state index contributed by atoms with van der Waals surface area (Å²) >= 11 is 0. The van der Waals surface area contributed by atoms with Crippen LogP contribution in [0.4, 0.5) is 0 Å². The lowest BCUT2D eigenvalue weighted by Gasteiger charge is -2.02. The zero-order chi connectivity index (χ0) is 5.98. The molecule has 0 nitrogen and oxygen atoms in total. The predicted molar refractivity (Wildman–Crippen MR) is 41.5 cm³/mol. The minimum atomic E-state index is 0.709. The third kappa shape index (κ3) is 1.41. The molecule has 0 spiro atoms. The maximum atomic E-state index is 2.37. The third-order valence-corrected chi connectivity index (χ3v) is 3.77. The Bertz CT molecular complexity index is 62.8. The van der Waals surface area contributed by atoms with Crippen molar-refractivity contribution in [2.45, 2.75) is 30.9 Å². The van der Waals surface area contributed by atoms with Gasteiger partial charge in [-0.2, -0.15) is 0 Å². The Morgan fingerprint density at radius 1 is 1.12 bits per heavy atom. The van der Waals surface area contributed by atoms with Crippen LogP contribution in [0.3, 0.4) is 0 Å². The SMILES string of the molecule is C[S+](C)C1CCCC1. The van der Waals surface area contributed by atoms with E-state index in [9.17, 15) is 0 Å². The molecule has 1 rings (SSSR count). The number of rotatable bonds is 1. The third-order valence-electron chi connectivity index (χ3n) is 1.97. The number of hydrogen-bond acceptors (Lipinski definition) is 0. The van der Waals surface area contributed by atoms with Gasteiger partial charge < -0.3 is 0 Å². The van der Waals surface area contributed by atoms with Crippen molar-refractivity contribution >= 4 is 10.9 Å². The van der Waals surface area contributed by atoms with Crippen LogP contribution in [0.25, 0.3) is 0 Å². The van der Waals surface area contributed by atoms with Gasteiger partial charge in [0.25, 0.3) is 0 Å². The lowest BCUT2D eigenvalue weighted by Crippen LogP contribution is -2.13. The first-order valence-corrected chi connectivity index (χ1v) is 5.47. The van der Waals surface area contributed by atoms with Crippen LogP contribution in [-0.2, 0) is 10.9 Å². The van der Waals surface area contributed by atoms with Crippen molar-refractivity contribution in [3.63, 3.8) is 0 Å². The molecule has 0 aliphatic heterocycles. The summed E-state index contributed by atoms with van der Waals surface area (Å²) in [4.78, 5) is 0. The smallest absolute Gasteiger partial charge is 0.0484 e. The van der Waals surface area contributed by atoms with Crippen LogP contribution in [0.15, 0.2) is 0 Å². The molecule has 0 unspecified atom stereocenters. The van der Waals surface area contributed by atoms with E-state index in [2.05, 4.69) is 12.5 Å². The topological polar surface area (TPSA) is 0 Å². The zero-order valence-corrected chi connectivity index (χ0v) is 6.63. The molecule has 1 saturated carbocycles. The lowest BCUT2D eigenvalue weighted by atomic mass is 10.4. The molecule has 48 valence electrons. The average molecular weight is 131 g/mol. The van der Waals surface area contributed by atoms with Crippen molar-refractivity contribution in [3.8, 4) is 0 Å².